The zero-order valence-corrected chi connectivity index (χ0v) is 26.5. The maximum absolute atomic E-state index is 10.5. The Labute approximate surface area is 286 Å². The van der Waals surface area contributed by atoms with Gasteiger partial charge in [0.15, 0.2) is 12.6 Å². The van der Waals surface area contributed by atoms with E-state index in [9.17, 15) is 51.1 Å². The summed E-state index contributed by atoms with van der Waals surface area (Å²) >= 11 is 0. The number of aliphatic hydroxyl groups is 8. The highest BCUT2D eigenvalue weighted by molar-refractivity contribution is 5.89. The van der Waals surface area contributed by atoms with Crippen LogP contribution in [-0.4, -0.2) is 138 Å². The molecule has 0 amide bonds. The molecule has 5 rings (SSSR count). The molecule has 2 heterocycles. The summed E-state index contributed by atoms with van der Waals surface area (Å²) in [5.41, 5.74) is 2.55. The fourth-order valence-electron chi connectivity index (χ4n) is 5.47. The van der Waals surface area contributed by atoms with Crippen molar-refractivity contribution in [2.24, 2.45) is 9.98 Å². The average Bonchev–Trinajstić information content (AvgIpc) is 3.11. The average molecular weight is 701 g/mol. The highest BCUT2D eigenvalue weighted by Gasteiger charge is 2.45. The topological polar surface area (TPSA) is 264 Å². The minimum atomic E-state index is -1.66. The van der Waals surface area contributed by atoms with Crippen molar-refractivity contribution in [1.82, 2.24) is 0 Å². The summed E-state index contributed by atoms with van der Waals surface area (Å²) in [5, 5.41) is 101. The SMILES string of the molecule is OC[C@H]1O[C@H](O)[C@@H](O)[C@@H](OCc2ccc(O)c(C=Nc3ccccc3N=Cc3cc(CO[C@H]4[C@@H](O)[C@@H](CO)O[C@H](O)[C@H]4O)ccc3O)c2)[C@H]1O. The first-order chi connectivity index (χ1) is 24.0. The van der Waals surface area contributed by atoms with Crippen molar-refractivity contribution in [3.05, 3.63) is 82.9 Å². The largest absolute Gasteiger partial charge is 0.507 e. The van der Waals surface area contributed by atoms with Crippen molar-refractivity contribution in [3.63, 3.8) is 0 Å². The van der Waals surface area contributed by atoms with Crippen LogP contribution >= 0.6 is 0 Å². The minimum Gasteiger partial charge on any atom is -0.507 e. The van der Waals surface area contributed by atoms with Gasteiger partial charge < -0.3 is 70.0 Å². The fraction of sp³-hybridized carbons (Fsp3) is 0.412. The molecule has 50 heavy (non-hydrogen) atoms. The fourth-order valence-corrected chi connectivity index (χ4v) is 5.47. The maximum atomic E-state index is 10.5. The molecule has 3 aromatic carbocycles. The Morgan fingerprint density at radius 2 is 0.980 bits per heavy atom. The van der Waals surface area contributed by atoms with Gasteiger partial charge in [0, 0.05) is 23.6 Å². The summed E-state index contributed by atoms with van der Waals surface area (Å²) in [6.07, 6.45) is -11.2. The van der Waals surface area contributed by atoms with Gasteiger partial charge in [0.1, 0.15) is 60.3 Å². The van der Waals surface area contributed by atoms with Crippen LogP contribution in [0.5, 0.6) is 11.5 Å². The maximum Gasteiger partial charge on any atom is 0.184 e. The van der Waals surface area contributed by atoms with Gasteiger partial charge in [-0.05, 0) is 47.5 Å². The standard InChI is InChI=1S/C34H40N2O14/c37-13-25-27(41)31(29(43)33(45)49-25)47-15-17-5-7-23(39)19(9-17)11-35-21-3-1-2-4-22(21)36-12-20-10-18(6-8-24(20)40)16-48-32-28(42)26(14-38)50-34(46)30(32)44/h1-12,25-34,37-46H,13-16H2/t25-,26-,27+,28+,29+,30+,31+,32+,33+,34+/m1/s1. The molecule has 0 aliphatic carbocycles. The van der Waals surface area contributed by atoms with E-state index in [2.05, 4.69) is 9.98 Å². The van der Waals surface area contributed by atoms with E-state index in [0.29, 0.717) is 33.6 Å². The van der Waals surface area contributed by atoms with Gasteiger partial charge in [-0.25, -0.2) is 0 Å². The van der Waals surface area contributed by atoms with Crippen molar-refractivity contribution in [3.8, 4) is 11.5 Å². The molecule has 0 bridgehead atoms. The van der Waals surface area contributed by atoms with Crippen molar-refractivity contribution < 1.29 is 70.0 Å². The number of rotatable bonds is 12. The number of benzene rings is 3. The molecule has 0 aromatic heterocycles. The molecule has 2 aliphatic rings. The smallest absolute Gasteiger partial charge is 0.184 e. The molecule has 10 N–H and O–H groups in total. The van der Waals surface area contributed by atoms with Crippen LogP contribution in [0.2, 0.25) is 0 Å². The second kappa shape index (κ2) is 16.9. The highest BCUT2D eigenvalue weighted by Crippen LogP contribution is 2.30. The number of hydrogen-bond acceptors (Lipinski definition) is 16. The van der Waals surface area contributed by atoms with Gasteiger partial charge in [-0.3, -0.25) is 9.98 Å². The molecule has 16 nitrogen and oxygen atoms in total. The van der Waals surface area contributed by atoms with Gasteiger partial charge >= 0.3 is 0 Å². The van der Waals surface area contributed by atoms with Crippen molar-refractivity contribution in [1.29, 1.82) is 0 Å². The van der Waals surface area contributed by atoms with Crippen LogP contribution in [-0.2, 0) is 32.2 Å². The van der Waals surface area contributed by atoms with Crippen LogP contribution in [0.1, 0.15) is 22.3 Å². The third-order valence-electron chi connectivity index (χ3n) is 8.32. The number of para-hydroxylation sites is 2. The highest BCUT2D eigenvalue weighted by atomic mass is 16.7. The molecule has 2 saturated heterocycles. The zero-order valence-electron chi connectivity index (χ0n) is 26.5. The summed E-state index contributed by atoms with van der Waals surface area (Å²) in [5.74, 6) is -0.182. The normalized spacial score (nSPS) is 30.3. The molecule has 3 aromatic rings. The lowest BCUT2D eigenvalue weighted by molar-refractivity contribution is -0.296. The molecule has 0 radical (unpaired) electrons. The summed E-state index contributed by atoms with van der Waals surface area (Å²) in [7, 11) is 0. The van der Waals surface area contributed by atoms with Crippen molar-refractivity contribution >= 4 is 23.8 Å². The van der Waals surface area contributed by atoms with E-state index < -0.39 is 74.6 Å². The Morgan fingerprint density at radius 1 is 0.580 bits per heavy atom. The number of phenolic OH excluding ortho intramolecular Hbond substituents is 2. The monoisotopic (exact) mass is 700 g/mol. The molecule has 16 heteroatoms. The Kier molecular flexibility index (Phi) is 12.6. The Hall–Kier alpha value is -3.88. The van der Waals surface area contributed by atoms with E-state index in [1.54, 1.807) is 48.5 Å². The molecular formula is C34H40N2O14. The number of hydrogen-bond donors (Lipinski definition) is 10. The number of aliphatic hydroxyl groups excluding tert-OH is 8. The zero-order chi connectivity index (χ0) is 35.9. The van der Waals surface area contributed by atoms with E-state index in [1.165, 1.54) is 24.6 Å². The Bertz CT molecular complexity index is 1520. The number of aromatic hydroxyl groups is 2. The van der Waals surface area contributed by atoms with Crippen LogP contribution < -0.4 is 0 Å². The summed E-state index contributed by atoms with van der Waals surface area (Å²) in [6.45, 7) is -1.43. The van der Waals surface area contributed by atoms with E-state index in [-0.39, 0.29) is 24.7 Å². The van der Waals surface area contributed by atoms with Crippen molar-refractivity contribution in [2.75, 3.05) is 13.2 Å². The quantitative estimate of drug-likeness (QED) is 0.104. The van der Waals surface area contributed by atoms with Gasteiger partial charge in [0.05, 0.1) is 37.8 Å². The number of phenols is 2. The molecule has 2 fully saturated rings. The molecule has 270 valence electrons. The minimum absolute atomic E-state index is 0.0912. The van der Waals surface area contributed by atoms with E-state index >= 15 is 0 Å². The van der Waals surface area contributed by atoms with Gasteiger partial charge in [0.25, 0.3) is 0 Å². The van der Waals surface area contributed by atoms with Gasteiger partial charge in [-0.1, -0.05) is 24.3 Å². The first kappa shape index (κ1) is 37.4. The van der Waals surface area contributed by atoms with Crippen LogP contribution in [0.25, 0.3) is 0 Å². The number of ether oxygens (including phenoxy) is 4. The Morgan fingerprint density at radius 3 is 1.36 bits per heavy atom. The lowest BCUT2D eigenvalue weighted by atomic mass is 9.99. The third-order valence-corrected chi connectivity index (χ3v) is 8.32. The first-order valence-corrected chi connectivity index (χ1v) is 15.7. The van der Waals surface area contributed by atoms with Gasteiger partial charge in [0.2, 0.25) is 0 Å². The van der Waals surface area contributed by atoms with E-state index in [1.807, 2.05) is 0 Å². The number of aliphatic imine (C=N–C) groups is 2. The van der Waals surface area contributed by atoms with Crippen LogP contribution in [0, 0.1) is 0 Å². The summed E-state index contributed by atoms with van der Waals surface area (Å²) in [4.78, 5) is 8.95. The predicted molar refractivity (Wildman–Crippen MR) is 174 cm³/mol. The molecule has 2 aliphatic heterocycles. The summed E-state index contributed by atoms with van der Waals surface area (Å²) in [6, 6.07) is 16.0. The second-order valence-electron chi connectivity index (χ2n) is 11.8. The third kappa shape index (κ3) is 8.70. The predicted octanol–water partition coefficient (Wildman–Crippen LogP) is -0.768. The molecular weight excluding hydrogens is 660 g/mol. The molecule has 10 atom stereocenters. The molecule has 0 saturated carbocycles. The summed E-state index contributed by atoms with van der Waals surface area (Å²) < 4.78 is 21.3. The van der Waals surface area contributed by atoms with Gasteiger partial charge in [-0.15, -0.1) is 0 Å². The number of nitrogens with zero attached hydrogens (tertiary/aromatic N) is 2. The molecule has 0 unspecified atom stereocenters. The van der Waals surface area contributed by atoms with Crippen LogP contribution in [0.15, 0.2) is 70.6 Å². The lowest BCUT2D eigenvalue weighted by Crippen LogP contribution is -2.59. The first-order valence-electron chi connectivity index (χ1n) is 15.7. The lowest BCUT2D eigenvalue weighted by Gasteiger charge is -2.39. The van der Waals surface area contributed by atoms with E-state index in [0.717, 1.165) is 0 Å². The van der Waals surface area contributed by atoms with Crippen LogP contribution in [0.4, 0.5) is 11.4 Å². The second-order valence-corrected chi connectivity index (χ2v) is 11.8. The van der Waals surface area contributed by atoms with Crippen molar-refractivity contribution in [2.45, 2.75) is 74.6 Å². The Balaban J connectivity index is 1.27. The van der Waals surface area contributed by atoms with Crippen LogP contribution in [0.3, 0.4) is 0 Å². The van der Waals surface area contributed by atoms with Gasteiger partial charge in [-0.2, -0.15) is 0 Å². The molecule has 0 spiro atoms. The van der Waals surface area contributed by atoms with E-state index in [4.69, 9.17) is 18.9 Å².